The second kappa shape index (κ2) is 6.04. The summed E-state index contributed by atoms with van der Waals surface area (Å²) in [4.78, 5) is 13.6. The zero-order valence-corrected chi connectivity index (χ0v) is 11.3. The molecule has 1 aromatic carbocycles. The molecule has 2 rings (SSSR count). The number of carboxylic acid groups (broad SMARTS) is 1. The van der Waals surface area contributed by atoms with Crippen LogP contribution in [-0.2, 0) is 9.53 Å². The minimum Gasteiger partial charge on any atom is -0.496 e. The molecule has 5 nitrogen and oxygen atoms in total. The molecule has 1 aliphatic rings. The van der Waals surface area contributed by atoms with E-state index >= 15 is 0 Å². The molecular weight excluding hydrogens is 246 g/mol. The minimum atomic E-state index is -0.856. The standard InChI is InChI=1S/C14H19NO4/c1-10-3-4-12(18-2)11(9-10)13(14(16)17)15-5-7-19-8-6-15/h3-4,9,13H,5-8H2,1-2H3,(H,16,17). The number of hydrogen-bond donors (Lipinski definition) is 1. The summed E-state index contributed by atoms with van der Waals surface area (Å²) in [7, 11) is 1.56. The average Bonchev–Trinajstić information content (AvgIpc) is 2.40. The lowest BCUT2D eigenvalue weighted by molar-refractivity contribution is -0.145. The summed E-state index contributed by atoms with van der Waals surface area (Å²) in [5, 5.41) is 9.55. The first-order valence-electron chi connectivity index (χ1n) is 6.32. The first-order valence-corrected chi connectivity index (χ1v) is 6.32. The van der Waals surface area contributed by atoms with Crippen molar-refractivity contribution in [1.29, 1.82) is 0 Å². The number of carbonyl (C=O) groups is 1. The van der Waals surface area contributed by atoms with Crippen molar-refractivity contribution < 1.29 is 19.4 Å². The molecule has 104 valence electrons. The molecule has 0 bridgehead atoms. The van der Waals surface area contributed by atoms with Crippen LogP contribution in [0.2, 0.25) is 0 Å². The maximum absolute atomic E-state index is 11.6. The smallest absolute Gasteiger partial charge is 0.325 e. The van der Waals surface area contributed by atoms with E-state index < -0.39 is 12.0 Å². The van der Waals surface area contributed by atoms with Gasteiger partial charge in [-0.15, -0.1) is 0 Å². The van der Waals surface area contributed by atoms with Gasteiger partial charge in [-0.3, -0.25) is 9.69 Å². The normalized spacial score (nSPS) is 18.0. The van der Waals surface area contributed by atoms with Gasteiger partial charge >= 0.3 is 5.97 Å². The van der Waals surface area contributed by atoms with E-state index in [9.17, 15) is 9.90 Å². The molecule has 1 fully saturated rings. The van der Waals surface area contributed by atoms with Gasteiger partial charge < -0.3 is 14.6 Å². The molecule has 19 heavy (non-hydrogen) atoms. The molecule has 5 heteroatoms. The molecule has 1 aliphatic heterocycles. The lowest BCUT2D eigenvalue weighted by Crippen LogP contribution is -2.42. The second-order valence-electron chi connectivity index (χ2n) is 4.63. The summed E-state index contributed by atoms with van der Waals surface area (Å²) in [6, 6.07) is 4.94. The zero-order valence-electron chi connectivity index (χ0n) is 11.3. The third-order valence-electron chi connectivity index (χ3n) is 3.32. The molecular formula is C14H19NO4. The Morgan fingerprint density at radius 1 is 1.42 bits per heavy atom. The highest BCUT2D eigenvalue weighted by Crippen LogP contribution is 2.31. The number of aliphatic carboxylic acids is 1. The number of morpholine rings is 1. The van der Waals surface area contributed by atoms with Gasteiger partial charge in [-0.05, 0) is 13.0 Å². The number of rotatable bonds is 4. The average molecular weight is 265 g/mol. The Morgan fingerprint density at radius 2 is 2.11 bits per heavy atom. The van der Waals surface area contributed by atoms with E-state index in [1.54, 1.807) is 7.11 Å². The van der Waals surface area contributed by atoms with Gasteiger partial charge in [0.2, 0.25) is 0 Å². The van der Waals surface area contributed by atoms with E-state index in [2.05, 4.69) is 0 Å². The van der Waals surface area contributed by atoms with Crippen molar-refractivity contribution in [1.82, 2.24) is 4.90 Å². The Labute approximate surface area is 112 Å². The summed E-state index contributed by atoms with van der Waals surface area (Å²) in [5.74, 6) is -0.240. The highest BCUT2D eigenvalue weighted by Gasteiger charge is 2.31. The lowest BCUT2D eigenvalue weighted by atomic mass is 10.0. The predicted octanol–water partition coefficient (Wildman–Crippen LogP) is 1.46. The number of nitrogens with zero attached hydrogens (tertiary/aromatic N) is 1. The van der Waals surface area contributed by atoms with E-state index in [4.69, 9.17) is 9.47 Å². The van der Waals surface area contributed by atoms with Gasteiger partial charge in [0.05, 0.1) is 20.3 Å². The minimum absolute atomic E-state index is 0.567. The number of ether oxygens (including phenoxy) is 2. The number of hydrogen-bond acceptors (Lipinski definition) is 4. The van der Waals surface area contributed by atoms with E-state index in [0.29, 0.717) is 37.6 Å². The Balaban J connectivity index is 2.37. The van der Waals surface area contributed by atoms with Gasteiger partial charge in [0.1, 0.15) is 11.8 Å². The van der Waals surface area contributed by atoms with Gasteiger partial charge in [-0.25, -0.2) is 0 Å². The van der Waals surface area contributed by atoms with E-state index in [1.165, 1.54) is 0 Å². The molecule has 1 heterocycles. The summed E-state index contributed by atoms with van der Waals surface area (Å²) in [6.45, 7) is 4.32. The van der Waals surface area contributed by atoms with Crippen LogP contribution in [0.25, 0.3) is 0 Å². The molecule has 0 saturated carbocycles. The quantitative estimate of drug-likeness (QED) is 0.893. The largest absolute Gasteiger partial charge is 0.496 e. The van der Waals surface area contributed by atoms with Crippen LogP contribution < -0.4 is 4.74 Å². The topological polar surface area (TPSA) is 59.0 Å². The molecule has 0 spiro atoms. The monoisotopic (exact) mass is 265 g/mol. The van der Waals surface area contributed by atoms with E-state index in [0.717, 1.165) is 5.56 Å². The van der Waals surface area contributed by atoms with Crippen molar-refractivity contribution >= 4 is 5.97 Å². The molecule has 1 unspecified atom stereocenters. The fraction of sp³-hybridized carbons (Fsp3) is 0.500. The van der Waals surface area contributed by atoms with Crippen molar-refractivity contribution in [2.45, 2.75) is 13.0 Å². The number of methoxy groups -OCH3 is 1. The van der Waals surface area contributed by atoms with Crippen molar-refractivity contribution in [3.63, 3.8) is 0 Å². The number of benzene rings is 1. The van der Waals surface area contributed by atoms with Crippen LogP contribution in [0.15, 0.2) is 18.2 Å². The lowest BCUT2D eigenvalue weighted by Gasteiger charge is -2.32. The summed E-state index contributed by atoms with van der Waals surface area (Å²) >= 11 is 0. The molecule has 1 aromatic rings. The first kappa shape index (κ1) is 13.8. The molecule has 1 atom stereocenters. The maximum Gasteiger partial charge on any atom is 0.325 e. The van der Waals surface area contributed by atoms with Crippen LogP contribution in [0, 0.1) is 6.92 Å². The van der Waals surface area contributed by atoms with Crippen LogP contribution in [0.1, 0.15) is 17.2 Å². The third-order valence-corrected chi connectivity index (χ3v) is 3.32. The second-order valence-corrected chi connectivity index (χ2v) is 4.63. The van der Waals surface area contributed by atoms with Crippen molar-refractivity contribution in [3.05, 3.63) is 29.3 Å². The molecule has 0 radical (unpaired) electrons. The van der Waals surface area contributed by atoms with Crippen LogP contribution in [0.5, 0.6) is 5.75 Å². The Hall–Kier alpha value is -1.59. The maximum atomic E-state index is 11.6. The number of carboxylic acids is 1. The fourth-order valence-electron chi connectivity index (χ4n) is 2.39. The molecule has 1 saturated heterocycles. The molecule has 0 aliphatic carbocycles. The SMILES string of the molecule is COc1ccc(C)cc1C(C(=O)O)N1CCOCC1. The molecule has 1 N–H and O–H groups in total. The predicted molar refractivity (Wildman–Crippen MR) is 70.5 cm³/mol. The van der Waals surface area contributed by atoms with Gasteiger partial charge in [0.25, 0.3) is 0 Å². The van der Waals surface area contributed by atoms with Crippen LogP contribution in [0.3, 0.4) is 0 Å². The zero-order chi connectivity index (χ0) is 13.8. The van der Waals surface area contributed by atoms with Gasteiger partial charge in [-0.2, -0.15) is 0 Å². The van der Waals surface area contributed by atoms with Crippen molar-refractivity contribution in [2.75, 3.05) is 33.4 Å². The van der Waals surface area contributed by atoms with Crippen LogP contribution >= 0.6 is 0 Å². The summed E-state index contributed by atoms with van der Waals surface area (Å²) < 4.78 is 10.6. The third kappa shape index (κ3) is 3.05. The van der Waals surface area contributed by atoms with Gasteiger partial charge in [0.15, 0.2) is 0 Å². The van der Waals surface area contributed by atoms with Crippen molar-refractivity contribution in [2.24, 2.45) is 0 Å². The fourth-order valence-corrected chi connectivity index (χ4v) is 2.39. The highest BCUT2D eigenvalue weighted by atomic mass is 16.5. The van der Waals surface area contributed by atoms with Gasteiger partial charge in [0, 0.05) is 18.7 Å². The number of aryl methyl sites for hydroxylation is 1. The Kier molecular flexibility index (Phi) is 4.39. The summed E-state index contributed by atoms with van der Waals surface area (Å²) in [5.41, 5.74) is 1.73. The van der Waals surface area contributed by atoms with E-state index in [1.807, 2.05) is 30.0 Å². The first-order chi connectivity index (χ1) is 9.13. The van der Waals surface area contributed by atoms with Crippen molar-refractivity contribution in [3.8, 4) is 5.75 Å². The van der Waals surface area contributed by atoms with E-state index in [-0.39, 0.29) is 0 Å². The molecule has 0 aromatic heterocycles. The summed E-state index contributed by atoms with van der Waals surface area (Å²) in [6.07, 6.45) is 0. The Morgan fingerprint density at radius 3 is 2.68 bits per heavy atom. The van der Waals surface area contributed by atoms with Gasteiger partial charge in [-0.1, -0.05) is 17.7 Å². The van der Waals surface area contributed by atoms with Crippen LogP contribution in [0.4, 0.5) is 0 Å². The molecule has 0 amide bonds. The Bertz CT molecular complexity index is 455. The van der Waals surface area contributed by atoms with Crippen LogP contribution in [-0.4, -0.2) is 49.4 Å². The highest BCUT2D eigenvalue weighted by molar-refractivity contribution is 5.77.